The molecule has 0 saturated heterocycles. The standard InChI is InChI=1S/C20H14BrN3O3/c21-15-3-4-16-14(10-15)11-18(27-16)20(25)24-19-17(2-1-7-23-19)26-12-13-5-8-22-9-6-13/h1-11H,12H2,(H,23,24,25). The van der Waals surface area contributed by atoms with Crippen LogP contribution in [0.1, 0.15) is 16.1 Å². The summed E-state index contributed by atoms with van der Waals surface area (Å²) in [5.74, 6) is 0.614. The summed E-state index contributed by atoms with van der Waals surface area (Å²) in [7, 11) is 0. The minimum absolute atomic E-state index is 0.203. The Kier molecular flexibility index (Phi) is 4.84. The molecule has 0 fully saturated rings. The molecule has 0 unspecified atom stereocenters. The zero-order chi connectivity index (χ0) is 18.6. The second kappa shape index (κ2) is 7.59. The molecular formula is C20H14BrN3O3. The Hall–Kier alpha value is -3.19. The van der Waals surface area contributed by atoms with Gasteiger partial charge in [-0.15, -0.1) is 0 Å². The number of ether oxygens (including phenoxy) is 1. The summed E-state index contributed by atoms with van der Waals surface area (Å²) in [5, 5.41) is 3.58. The van der Waals surface area contributed by atoms with Crippen LogP contribution in [0, 0.1) is 0 Å². The molecule has 0 saturated carbocycles. The molecule has 134 valence electrons. The summed E-state index contributed by atoms with van der Waals surface area (Å²) in [6, 6.07) is 14.5. The van der Waals surface area contributed by atoms with Gasteiger partial charge in [-0.05, 0) is 54.1 Å². The van der Waals surface area contributed by atoms with Gasteiger partial charge in [-0.25, -0.2) is 4.98 Å². The predicted octanol–water partition coefficient (Wildman–Crippen LogP) is 4.82. The van der Waals surface area contributed by atoms with E-state index in [1.54, 1.807) is 42.9 Å². The first kappa shape index (κ1) is 17.2. The van der Waals surface area contributed by atoms with Gasteiger partial charge < -0.3 is 14.5 Å². The number of anilines is 1. The maximum Gasteiger partial charge on any atom is 0.292 e. The van der Waals surface area contributed by atoms with Gasteiger partial charge in [-0.3, -0.25) is 9.78 Å². The third-order valence-corrected chi connectivity index (χ3v) is 4.34. The highest BCUT2D eigenvalue weighted by Crippen LogP contribution is 2.26. The number of fused-ring (bicyclic) bond motifs is 1. The Morgan fingerprint density at radius 3 is 2.81 bits per heavy atom. The summed E-state index contributed by atoms with van der Waals surface area (Å²) in [4.78, 5) is 20.8. The number of benzene rings is 1. The van der Waals surface area contributed by atoms with Crippen molar-refractivity contribution in [3.05, 3.63) is 82.9 Å². The van der Waals surface area contributed by atoms with Gasteiger partial charge in [0.25, 0.3) is 5.91 Å². The normalized spacial score (nSPS) is 10.7. The number of carbonyl (C=O) groups is 1. The van der Waals surface area contributed by atoms with Crippen LogP contribution in [-0.2, 0) is 6.61 Å². The predicted molar refractivity (Wildman–Crippen MR) is 105 cm³/mol. The molecule has 0 aliphatic carbocycles. The summed E-state index contributed by atoms with van der Waals surface area (Å²) in [6.45, 7) is 0.343. The van der Waals surface area contributed by atoms with Crippen LogP contribution in [0.15, 0.2) is 76.0 Å². The molecule has 3 heterocycles. The van der Waals surface area contributed by atoms with Gasteiger partial charge in [0.15, 0.2) is 17.3 Å². The van der Waals surface area contributed by atoms with Crippen molar-refractivity contribution >= 4 is 38.6 Å². The van der Waals surface area contributed by atoms with E-state index in [4.69, 9.17) is 9.15 Å². The molecule has 3 aromatic heterocycles. The Morgan fingerprint density at radius 1 is 1.11 bits per heavy atom. The minimum atomic E-state index is -0.394. The maximum atomic E-state index is 12.6. The van der Waals surface area contributed by atoms with Crippen molar-refractivity contribution in [2.45, 2.75) is 6.61 Å². The number of rotatable bonds is 5. The lowest BCUT2D eigenvalue weighted by Crippen LogP contribution is -2.13. The number of carbonyl (C=O) groups excluding carboxylic acids is 1. The fourth-order valence-corrected chi connectivity index (χ4v) is 2.92. The van der Waals surface area contributed by atoms with Crippen LogP contribution in [0.3, 0.4) is 0 Å². The van der Waals surface area contributed by atoms with E-state index in [9.17, 15) is 4.79 Å². The summed E-state index contributed by atoms with van der Waals surface area (Å²) in [5.41, 5.74) is 1.60. The first-order chi connectivity index (χ1) is 13.2. The fourth-order valence-electron chi connectivity index (χ4n) is 2.54. The molecular weight excluding hydrogens is 410 g/mol. The molecule has 1 aromatic carbocycles. The molecule has 4 rings (SSSR count). The van der Waals surface area contributed by atoms with E-state index in [0.29, 0.717) is 23.8 Å². The first-order valence-corrected chi connectivity index (χ1v) is 8.95. The molecule has 27 heavy (non-hydrogen) atoms. The van der Waals surface area contributed by atoms with E-state index in [2.05, 4.69) is 31.2 Å². The van der Waals surface area contributed by atoms with E-state index >= 15 is 0 Å². The quantitative estimate of drug-likeness (QED) is 0.497. The molecule has 0 bridgehead atoms. The van der Waals surface area contributed by atoms with E-state index in [1.165, 1.54) is 0 Å². The summed E-state index contributed by atoms with van der Waals surface area (Å²) in [6.07, 6.45) is 4.99. The lowest BCUT2D eigenvalue weighted by atomic mass is 10.2. The third kappa shape index (κ3) is 3.98. The average Bonchev–Trinajstić information content (AvgIpc) is 3.11. The van der Waals surface area contributed by atoms with Gasteiger partial charge in [0.1, 0.15) is 12.2 Å². The molecule has 0 spiro atoms. The van der Waals surface area contributed by atoms with Crippen molar-refractivity contribution in [2.75, 3.05) is 5.32 Å². The Morgan fingerprint density at radius 2 is 1.96 bits per heavy atom. The van der Waals surface area contributed by atoms with Crippen LogP contribution in [0.25, 0.3) is 11.0 Å². The van der Waals surface area contributed by atoms with Crippen LogP contribution in [0.4, 0.5) is 5.82 Å². The second-order valence-electron chi connectivity index (χ2n) is 5.74. The number of hydrogen-bond donors (Lipinski definition) is 1. The SMILES string of the molecule is O=C(Nc1ncccc1OCc1ccncc1)c1cc2cc(Br)ccc2o1. The van der Waals surface area contributed by atoms with E-state index < -0.39 is 5.91 Å². The molecule has 1 N–H and O–H groups in total. The van der Waals surface area contributed by atoms with Gasteiger partial charge in [0.2, 0.25) is 0 Å². The highest BCUT2D eigenvalue weighted by molar-refractivity contribution is 9.10. The molecule has 0 radical (unpaired) electrons. The van der Waals surface area contributed by atoms with Crippen molar-refractivity contribution in [3.63, 3.8) is 0 Å². The van der Waals surface area contributed by atoms with Crippen LogP contribution in [-0.4, -0.2) is 15.9 Å². The molecule has 6 nitrogen and oxygen atoms in total. The van der Waals surface area contributed by atoms with Crippen LogP contribution in [0.2, 0.25) is 0 Å². The van der Waals surface area contributed by atoms with E-state index in [-0.39, 0.29) is 5.76 Å². The molecule has 0 aliphatic rings. The summed E-state index contributed by atoms with van der Waals surface area (Å²) >= 11 is 3.41. The van der Waals surface area contributed by atoms with Crippen molar-refractivity contribution < 1.29 is 13.9 Å². The third-order valence-electron chi connectivity index (χ3n) is 3.85. The number of nitrogens with zero attached hydrogens (tertiary/aromatic N) is 2. The highest BCUT2D eigenvalue weighted by Gasteiger charge is 2.15. The van der Waals surface area contributed by atoms with Gasteiger partial charge >= 0.3 is 0 Å². The van der Waals surface area contributed by atoms with Gasteiger partial charge in [0.05, 0.1) is 0 Å². The number of furan rings is 1. The minimum Gasteiger partial charge on any atom is -0.485 e. The van der Waals surface area contributed by atoms with Crippen LogP contribution < -0.4 is 10.1 Å². The molecule has 0 aliphatic heterocycles. The Bertz CT molecular complexity index is 1100. The first-order valence-electron chi connectivity index (χ1n) is 8.16. The number of nitrogens with one attached hydrogen (secondary N) is 1. The zero-order valence-corrected chi connectivity index (χ0v) is 15.6. The van der Waals surface area contributed by atoms with Crippen molar-refractivity contribution in [1.82, 2.24) is 9.97 Å². The van der Waals surface area contributed by atoms with Gasteiger partial charge in [-0.1, -0.05) is 15.9 Å². The molecule has 0 atom stereocenters. The lowest BCUT2D eigenvalue weighted by Gasteiger charge is -2.10. The monoisotopic (exact) mass is 423 g/mol. The van der Waals surface area contributed by atoms with Crippen LogP contribution >= 0.6 is 15.9 Å². The largest absolute Gasteiger partial charge is 0.485 e. The lowest BCUT2D eigenvalue weighted by molar-refractivity contribution is 0.0997. The summed E-state index contributed by atoms with van der Waals surface area (Å²) < 4.78 is 12.3. The van der Waals surface area contributed by atoms with Crippen LogP contribution in [0.5, 0.6) is 5.75 Å². The number of hydrogen-bond acceptors (Lipinski definition) is 5. The van der Waals surface area contributed by atoms with Crippen molar-refractivity contribution in [2.24, 2.45) is 0 Å². The average molecular weight is 424 g/mol. The maximum absolute atomic E-state index is 12.6. The molecule has 7 heteroatoms. The number of aromatic nitrogens is 2. The topological polar surface area (TPSA) is 77.2 Å². The van der Waals surface area contributed by atoms with Gasteiger partial charge in [-0.2, -0.15) is 0 Å². The van der Waals surface area contributed by atoms with Gasteiger partial charge in [0, 0.05) is 28.4 Å². The molecule has 1 amide bonds. The Balaban J connectivity index is 1.52. The van der Waals surface area contributed by atoms with E-state index in [0.717, 1.165) is 15.4 Å². The Labute approximate surface area is 163 Å². The zero-order valence-electron chi connectivity index (χ0n) is 14.1. The number of halogens is 1. The van der Waals surface area contributed by atoms with E-state index in [1.807, 2.05) is 24.3 Å². The fraction of sp³-hybridized carbons (Fsp3) is 0.0500. The highest BCUT2D eigenvalue weighted by atomic mass is 79.9. The van der Waals surface area contributed by atoms with Crippen molar-refractivity contribution in [3.8, 4) is 5.75 Å². The smallest absolute Gasteiger partial charge is 0.292 e. The second-order valence-corrected chi connectivity index (χ2v) is 6.66. The number of pyridine rings is 2. The van der Waals surface area contributed by atoms with Crippen molar-refractivity contribution in [1.29, 1.82) is 0 Å². The number of amides is 1. The molecule has 4 aromatic rings.